The highest BCUT2D eigenvalue weighted by Gasteiger charge is 2.25. The van der Waals surface area contributed by atoms with Crippen LogP contribution in [0.4, 0.5) is 11.4 Å². The van der Waals surface area contributed by atoms with E-state index < -0.39 is 16.1 Å². The van der Waals surface area contributed by atoms with E-state index in [4.69, 9.17) is 16.3 Å². The Morgan fingerprint density at radius 2 is 1.77 bits per heavy atom. The number of piperidine rings is 1. The molecule has 1 atom stereocenters. The minimum absolute atomic E-state index is 0.234. The molecule has 0 unspecified atom stereocenters. The van der Waals surface area contributed by atoms with Crippen LogP contribution in [0, 0.1) is 0 Å². The molecule has 2 N–H and O–H groups in total. The van der Waals surface area contributed by atoms with Crippen molar-refractivity contribution in [2.24, 2.45) is 0 Å². The number of benzene rings is 2. The van der Waals surface area contributed by atoms with Crippen molar-refractivity contribution in [3.63, 3.8) is 0 Å². The number of halogens is 1. The van der Waals surface area contributed by atoms with Crippen molar-refractivity contribution >= 4 is 38.9 Å². The average molecular weight is 452 g/mol. The minimum atomic E-state index is -3.49. The maximum atomic E-state index is 12.7. The highest BCUT2D eigenvalue weighted by atomic mass is 35.5. The second-order valence-electron chi connectivity index (χ2n) is 7.19. The van der Waals surface area contributed by atoms with Crippen molar-refractivity contribution in [1.82, 2.24) is 4.31 Å². The normalized spacial score (nSPS) is 16.0. The number of rotatable bonds is 7. The van der Waals surface area contributed by atoms with Gasteiger partial charge in [-0.25, -0.2) is 8.42 Å². The van der Waals surface area contributed by atoms with E-state index in [9.17, 15) is 13.2 Å². The van der Waals surface area contributed by atoms with Crippen LogP contribution in [-0.4, -0.2) is 44.9 Å². The monoisotopic (exact) mass is 451 g/mol. The first kappa shape index (κ1) is 22.4. The van der Waals surface area contributed by atoms with Gasteiger partial charge in [-0.15, -0.1) is 0 Å². The van der Waals surface area contributed by atoms with Crippen molar-refractivity contribution in [2.45, 2.75) is 37.1 Å². The number of hydrogen-bond donors (Lipinski definition) is 2. The molecule has 7 nitrogen and oxygen atoms in total. The lowest BCUT2D eigenvalue weighted by Crippen LogP contribution is -2.35. The molecule has 1 saturated heterocycles. The summed E-state index contributed by atoms with van der Waals surface area (Å²) in [6, 6.07) is 10.8. The summed E-state index contributed by atoms with van der Waals surface area (Å²) in [4.78, 5) is 12.8. The van der Waals surface area contributed by atoms with Crippen LogP contribution in [0.2, 0.25) is 5.02 Å². The molecule has 1 aliphatic heterocycles. The zero-order valence-electron chi connectivity index (χ0n) is 17.0. The van der Waals surface area contributed by atoms with Gasteiger partial charge in [-0.2, -0.15) is 4.31 Å². The van der Waals surface area contributed by atoms with Gasteiger partial charge in [0.1, 0.15) is 11.8 Å². The number of hydrogen-bond acceptors (Lipinski definition) is 5. The standard InChI is InChI=1S/C21H26ClN3O4S/c1-15(23-19-14-16(22)6-11-20(19)29-2)21(26)24-17-7-9-18(10-8-17)30(27,28)25-12-4-3-5-13-25/h6-11,14-15,23H,3-5,12-13H2,1-2H3,(H,24,26)/t15-/m0/s1. The van der Waals surface area contributed by atoms with Gasteiger partial charge in [0.15, 0.2) is 0 Å². The Balaban J connectivity index is 1.65. The molecular formula is C21H26ClN3O4S. The number of amides is 1. The number of nitrogens with zero attached hydrogens (tertiary/aromatic N) is 1. The van der Waals surface area contributed by atoms with Gasteiger partial charge in [0.2, 0.25) is 15.9 Å². The molecule has 0 radical (unpaired) electrons. The summed E-state index contributed by atoms with van der Waals surface area (Å²) in [6.45, 7) is 2.82. The van der Waals surface area contributed by atoms with E-state index in [1.54, 1.807) is 44.4 Å². The average Bonchev–Trinajstić information content (AvgIpc) is 2.75. The van der Waals surface area contributed by atoms with Gasteiger partial charge in [-0.1, -0.05) is 18.0 Å². The summed E-state index contributed by atoms with van der Waals surface area (Å²) in [5.41, 5.74) is 1.12. The molecule has 0 saturated carbocycles. The molecule has 0 aromatic heterocycles. The number of ether oxygens (including phenoxy) is 1. The van der Waals surface area contributed by atoms with E-state index in [0.29, 0.717) is 35.2 Å². The van der Waals surface area contributed by atoms with Crippen molar-refractivity contribution in [3.8, 4) is 5.75 Å². The third kappa shape index (κ3) is 5.24. The molecule has 9 heteroatoms. The Hall–Kier alpha value is -2.29. The van der Waals surface area contributed by atoms with Crippen LogP contribution in [-0.2, 0) is 14.8 Å². The number of nitrogens with one attached hydrogen (secondary N) is 2. The smallest absolute Gasteiger partial charge is 0.246 e. The summed E-state index contributed by atoms with van der Waals surface area (Å²) in [5, 5.41) is 6.39. The Kier molecular flexibility index (Phi) is 7.23. The summed E-state index contributed by atoms with van der Waals surface area (Å²) in [7, 11) is -1.95. The van der Waals surface area contributed by atoms with Gasteiger partial charge >= 0.3 is 0 Å². The summed E-state index contributed by atoms with van der Waals surface area (Å²) in [6.07, 6.45) is 2.83. The SMILES string of the molecule is COc1ccc(Cl)cc1N[C@@H](C)C(=O)Nc1ccc(S(=O)(=O)N2CCCCC2)cc1. The zero-order valence-corrected chi connectivity index (χ0v) is 18.6. The van der Waals surface area contributed by atoms with Crippen LogP contribution in [0.15, 0.2) is 47.4 Å². The highest BCUT2D eigenvalue weighted by molar-refractivity contribution is 7.89. The van der Waals surface area contributed by atoms with Crippen molar-refractivity contribution in [1.29, 1.82) is 0 Å². The number of methoxy groups -OCH3 is 1. The van der Waals surface area contributed by atoms with Gasteiger partial charge in [-0.05, 0) is 62.2 Å². The second kappa shape index (κ2) is 9.68. The van der Waals surface area contributed by atoms with E-state index in [2.05, 4.69) is 10.6 Å². The fourth-order valence-electron chi connectivity index (χ4n) is 3.31. The topological polar surface area (TPSA) is 87.7 Å². The predicted octanol–water partition coefficient (Wildman–Crippen LogP) is 3.96. The predicted molar refractivity (Wildman–Crippen MR) is 119 cm³/mol. The third-order valence-corrected chi connectivity index (χ3v) is 7.15. The first-order chi connectivity index (χ1) is 14.3. The molecule has 2 aromatic carbocycles. The lowest BCUT2D eigenvalue weighted by molar-refractivity contribution is -0.116. The van der Waals surface area contributed by atoms with Crippen LogP contribution >= 0.6 is 11.6 Å². The molecule has 1 aliphatic rings. The van der Waals surface area contributed by atoms with Crippen LogP contribution in [0.1, 0.15) is 26.2 Å². The molecule has 3 rings (SSSR count). The van der Waals surface area contributed by atoms with Crippen LogP contribution < -0.4 is 15.4 Å². The van der Waals surface area contributed by atoms with Gasteiger partial charge in [-0.3, -0.25) is 4.79 Å². The molecule has 0 spiro atoms. The highest BCUT2D eigenvalue weighted by Crippen LogP contribution is 2.28. The zero-order chi connectivity index (χ0) is 21.7. The fraction of sp³-hybridized carbons (Fsp3) is 0.381. The van der Waals surface area contributed by atoms with Crippen molar-refractivity contribution < 1.29 is 17.9 Å². The van der Waals surface area contributed by atoms with E-state index >= 15 is 0 Å². The molecule has 2 aromatic rings. The van der Waals surface area contributed by atoms with Crippen molar-refractivity contribution in [2.75, 3.05) is 30.8 Å². The molecule has 1 fully saturated rings. The Bertz CT molecular complexity index is 990. The quantitative estimate of drug-likeness (QED) is 0.665. The van der Waals surface area contributed by atoms with Gasteiger partial charge in [0.25, 0.3) is 0 Å². The van der Waals surface area contributed by atoms with E-state index in [0.717, 1.165) is 19.3 Å². The maximum Gasteiger partial charge on any atom is 0.246 e. The van der Waals surface area contributed by atoms with Crippen LogP contribution in [0.25, 0.3) is 0 Å². The molecule has 30 heavy (non-hydrogen) atoms. The number of anilines is 2. The van der Waals surface area contributed by atoms with E-state index in [-0.39, 0.29) is 10.8 Å². The maximum absolute atomic E-state index is 12.7. The molecule has 0 aliphatic carbocycles. The summed E-state index contributed by atoms with van der Waals surface area (Å²) >= 11 is 6.03. The Labute approximate surface area is 182 Å². The number of carbonyl (C=O) groups is 1. The third-order valence-electron chi connectivity index (χ3n) is 5.00. The molecular weight excluding hydrogens is 426 g/mol. The number of sulfonamides is 1. The van der Waals surface area contributed by atoms with E-state index in [1.165, 1.54) is 16.4 Å². The molecule has 0 bridgehead atoms. The van der Waals surface area contributed by atoms with Gasteiger partial charge in [0.05, 0.1) is 17.7 Å². The Morgan fingerprint density at radius 1 is 1.10 bits per heavy atom. The van der Waals surface area contributed by atoms with Crippen LogP contribution in [0.5, 0.6) is 5.75 Å². The largest absolute Gasteiger partial charge is 0.495 e. The van der Waals surface area contributed by atoms with Gasteiger partial charge < -0.3 is 15.4 Å². The first-order valence-corrected chi connectivity index (χ1v) is 11.6. The van der Waals surface area contributed by atoms with Crippen LogP contribution in [0.3, 0.4) is 0 Å². The van der Waals surface area contributed by atoms with Crippen molar-refractivity contribution in [3.05, 3.63) is 47.5 Å². The first-order valence-electron chi connectivity index (χ1n) is 9.82. The number of carbonyl (C=O) groups excluding carboxylic acids is 1. The lowest BCUT2D eigenvalue weighted by atomic mass is 10.2. The summed E-state index contributed by atoms with van der Waals surface area (Å²) < 4.78 is 32.3. The van der Waals surface area contributed by atoms with Gasteiger partial charge in [0, 0.05) is 23.8 Å². The Morgan fingerprint density at radius 3 is 2.40 bits per heavy atom. The molecule has 1 amide bonds. The lowest BCUT2D eigenvalue weighted by Gasteiger charge is -2.25. The molecule has 1 heterocycles. The fourth-order valence-corrected chi connectivity index (χ4v) is 5.00. The van der Waals surface area contributed by atoms with E-state index in [1.807, 2.05) is 0 Å². The second-order valence-corrected chi connectivity index (χ2v) is 9.56. The molecule has 162 valence electrons. The summed E-state index contributed by atoms with van der Waals surface area (Å²) in [5.74, 6) is 0.301. The minimum Gasteiger partial charge on any atom is -0.495 e.